The summed E-state index contributed by atoms with van der Waals surface area (Å²) in [5.74, 6) is -0.936. The van der Waals surface area contributed by atoms with Crippen molar-refractivity contribution < 1.29 is 19.4 Å². The molecule has 0 bridgehead atoms. The van der Waals surface area contributed by atoms with E-state index in [9.17, 15) is 20.0 Å². The lowest BCUT2D eigenvalue weighted by molar-refractivity contribution is -0.137. The number of anilines is 1. The lowest BCUT2D eigenvalue weighted by atomic mass is 9.88. The number of hydrogen-bond donors (Lipinski definition) is 3. The van der Waals surface area contributed by atoms with E-state index in [0.29, 0.717) is 12.0 Å². The fraction of sp³-hybridized carbons (Fsp3) is 0.609. The normalized spacial score (nSPS) is 20.0. The zero-order valence-corrected chi connectivity index (χ0v) is 18.3. The summed E-state index contributed by atoms with van der Waals surface area (Å²) >= 11 is 0. The highest BCUT2D eigenvalue weighted by Crippen LogP contribution is 2.33. The van der Waals surface area contributed by atoms with Gasteiger partial charge in [-0.05, 0) is 76.5 Å². The Labute approximate surface area is 178 Å². The van der Waals surface area contributed by atoms with Gasteiger partial charge in [0.1, 0.15) is 5.60 Å². The Balaban J connectivity index is 2.02. The minimum atomic E-state index is -0.828. The van der Waals surface area contributed by atoms with Gasteiger partial charge in [-0.3, -0.25) is 4.79 Å². The second kappa shape index (κ2) is 10.3. The molecule has 0 heterocycles. The number of carbonyl (C=O) groups excluding carboxylic acids is 1. The lowest BCUT2D eigenvalue weighted by Crippen LogP contribution is -2.42. The molecule has 3 N–H and O–H groups in total. The molecule has 0 aliphatic heterocycles. The second-order valence-electron chi connectivity index (χ2n) is 8.96. The predicted molar refractivity (Wildman–Crippen MR) is 115 cm³/mol. The number of carboxylic acids is 1. The molecule has 2 rings (SSSR count). The monoisotopic (exact) mass is 415 g/mol. The number of hydrogen-bond acceptors (Lipinski definition) is 5. The number of aliphatic carboxylic acids is 1. The van der Waals surface area contributed by atoms with Gasteiger partial charge in [0.25, 0.3) is 0 Å². The van der Waals surface area contributed by atoms with Gasteiger partial charge in [0, 0.05) is 17.8 Å². The molecule has 1 unspecified atom stereocenters. The van der Waals surface area contributed by atoms with E-state index in [1.165, 1.54) is 0 Å². The zero-order chi connectivity index (χ0) is 22.3. The number of nitrogens with one attached hydrogen (secondary N) is 2. The highest BCUT2D eigenvalue weighted by atomic mass is 16.6. The quantitative estimate of drug-likeness (QED) is 0.591. The molecular weight excluding hydrogens is 382 g/mol. The molecule has 7 nitrogen and oxygen atoms in total. The molecule has 0 aromatic heterocycles. The molecule has 1 aromatic rings. The summed E-state index contributed by atoms with van der Waals surface area (Å²) in [6, 6.07) is 7.87. The van der Waals surface area contributed by atoms with Crippen LogP contribution in [0.4, 0.5) is 10.5 Å². The van der Waals surface area contributed by atoms with Crippen LogP contribution in [0.2, 0.25) is 0 Å². The van der Waals surface area contributed by atoms with Crippen LogP contribution in [-0.2, 0) is 9.53 Å². The number of benzene rings is 1. The fourth-order valence-electron chi connectivity index (χ4n) is 3.87. The number of ether oxygens (including phenoxy) is 1. The highest BCUT2D eigenvalue weighted by Gasteiger charge is 2.26. The Hall–Kier alpha value is -2.75. The summed E-state index contributed by atoms with van der Waals surface area (Å²) in [5, 5.41) is 25.0. The van der Waals surface area contributed by atoms with Crippen LogP contribution in [0, 0.1) is 11.3 Å². The van der Waals surface area contributed by atoms with Crippen LogP contribution in [0.1, 0.15) is 83.3 Å². The molecule has 1 amide bonds. The van der Waals surface area contributed by atoms with Crippen molar-refractivity contribution in [1.29, 1.82) is 5.26 Å². The molecule has 0 radical (unpaired) electrons. The van der Waals surface area contributed by atoms with E-state index in [4.69, 9.17) is 4.74 Å². The molecule has 164 valence electrons. The summed E-state index contributed by atoms with van der Waals surface area (Å²) in [6.07, 6.45) is 3.77. The molecule has 30 heavy (non-hydrogen) atoms. The average Bonchev–Trinajstić information content (AvgIpc) is 2.66. The lowest BCUT2D eigenvalue weighted by Gasteiger charge is -2.32. The second-order valence-corrected chi connectivity index (χ2v) is 8.96. The minimum absolute atomic E-state index is 0.0592. The number of amides is 1. The van der Waals surface area contributed by atoms with Crippen molar-refractivity contribution >= 4 is 17.7 Å². The summed E-state index contributed by atoms with van der Waals surface area (Å²) < 4.78 is 5.33. The maximum Gasteiger partial charge on any atom is 0.407 e. The van der Waals surface area contributed by atoms with Crippen molar-refractivity contribution in [2.45, 2.75) is 89.8 Å². The predicted octanol–water partition coefficient (Wildman–Crippen LogP) is 4.77. The Morgan fingerprint density at radius 1 is 1.23 bits per heavy atom. The molecule has 7 heteroatoms. The van der Waals surface area contributed by atoms with Crippen molar-refractivity contribution in [3.63, 3.8) is 0 Å². The largest absolute Gasteiger partial charge is 0.481 e. The Morgan fingerprint density at radius 3 is 2.40 bits per heavy atom. The van der Waals surface area contributed by atoms with Crippen LogP contribution < -0.4 is 10.6 Å². The fourth-order valence-corrected chi connectivity index (χ4v) is 3.87. The van der Waals surface area contributed by atoms with Crippen molar-refractivity contribution in [1.82, 2.24) is 5.32 Å². The van der Waals surface area contributed by atoms with E-state index in [-0.39, 0.29) is 30.5 Å². The van der Waals surface area contributed by atoms with Crippen LogP contribution in [0.5, 0.6) is 0 Å². The number of nitrogens with zero attached hydrogens (tertiary/aromatic N) is 1. The molecule has 1 aromatic carbocycles. The molecule has 1 aliphatic carbocycles. The SMILES string of the molecule is CCC(CC(=O)O)c1ccc(C#N)cc1NC1CCC(NC(=O)OC(C)(C)C)CC1. The first-order chi connectivity index (χ1) is 14.1. The molecule has 1 atom stereocenters. The Bertz CT molecular complexity index is 787. The van der Waals surface area contributed by atoms with Crippen LogP contribution in [0.15, 0.2) is 18.2 Å². The summed E-state index contributed by atoms with van der Waals surface area (Å²) in [6.45, 7) is 7.50. The first kappa shape index (κ1) is 23.5. The topological polar surface area (TPSA) is 111 Å². The Kier molecular flexibility index (Phi) is 8.10. The maximum absolute atomic E-state index is 12.0. The van der Waals surface area contributed by atoms with Crippen LogP contribution in [-0.4, -0.2) is 34.9 Å². The zero-order valence-electron chi connectivity index (χ0n) is 18.3. The number of alkyl carbamates (subject to hydrolysis) is 1. The van der Waals surface area contributed by atoms with Crippen molar-refractivity contribution in [3.05, 3.63) is 29.3 Å². The number of rotatable bonds is 7. The third kappa shape index (κ3) is 7.25. The average molecular weight is 416 g/mol. The molecule has 0 spiro atoms. The smallest absolute Gasteiger partial charge is 0.407 e. The van der Waals surface area contributed by atoms with Gasteiger partial charge >= 0.3 is 12.1 Å². The summed E-state index contributed by atoms with van der Waals surface area (Å²) in [7, 11) is 0. The Morgan fingerprint density at radius 2 is 1.87 bits per heavy atom. The first-order valence-electron chi connectivity index (χ1n) is 10.6. The molecule has 1 fully saturated rings. The van der Waals surface area contributed by atoms with E-state index >= 15 is 0 Å². The highest BCUT2D eigenvalue weighted by molar-refractivity contribution is 5.69. The van der Waals surface area contributed by atoms with E-state index < -0.39 is 11.6 Å². The third-order valence-corrected chi connectivity index (χ3v) is 5.34. The first-order valence-corrected chi connectivity index (χ1v) is 10.6. The number of nitriles is 1. The van der Waals surface area contributed by atoms with Crippen LogP contribution in [0.3, 0.4) is 0 Å². The minimum Gasteiger partial charge on any atom is -0.481 e. The molecular formula is C23H33N3O4. The summed E-state index contributed by atoms with van der Waals surface area (Å²) in [4.78, 5) is 23.2. The van der Waals surface area contributed by atoms with E-state index in [2.05, 4.69) is 16.7 Å². The van der Waals surface area contributed by atoms with Gasteiger partial charge in [0.05, 0.1) is 18.1 Å². The maximum atomic E-state index is 12.0. The van der Waals surface area contributed by atoms with Crippen molar-refractivity contribution in [2.24, 2.45) is 0 Å². The molecule has 1 aliphatic rings. The van der Waals surface area contributed by atoms with Gasteiger partial charge in [-0.2, -0.15) is 5.26 Å². The van der Waals surface area contributed by atoms with Gasteiger partial charge in [-0.1, -0.05) is 13.0 Å². The van der Waals surface area contributed by atoms with Gasteiger partial charge in [0.2, 0.25) is 0 Å². The van der Waals surface area contributed by atoms with Crippen molar-refractivity contribution in [3.8, 4) is 6.07 Å². The summed E-state index contributed by atoms with van der Waals surface area (Å²) in [5.41, 5.74) is 1.81. The van der Waals surface area contributed by atoms with Gasteiger partial charge in [-0.25, -0.2) is 4.79 Å². The van der Waals surface area contributed by atoms with E-state index in [1.54, 1.807) is 6.07 Å². The number of carbonyl (C=O) groups is 2. The third-order valence-electron chi connectivity index (χ3n) is 5.34. The van der Waals surface area contributed by atoms with E-state index in [1.807, 2.05) is 39.8 Å². The van der Waals surface area contributed by atoms with E-state index in [0.717, 1.165) is 36.9 Å². The van der Waals surface area contributed by atoms with Gasteiger partial charge in [-0.15, -0.1) is 0 Å². The molecule has 1 saturated carbocycles. The standard InChI is InChI=1S/C23H33N3O4/c1-5-16(13-21(27)28)19-11-6-15(14-24)12-20(19)25-17-7-9-18(10-8-17)26-22(29)30-23(2,3)4/h6,11-12,16-18,25H,5,7-10,13H2,1-4H3,(H,26,29)(H,27,28). The number of carboxylic acid groups (broad SMARTS) is 1. The van der Waals surface area contributed by atoms with Gasteiger partial charge < -0.3 is 20.5 Å². The molecule has 0 saturated heterocycles. The van der Waals surface area contributed by atoms with Crippen LogP contribution in [0.25, 0.3) is 0 Å². The van der Waals surface area contributed by atoms with Gasteiger partial charge in [0.15, 0.2) is 0 Å². The van der Waals surface area contributed by atoms with Crippen molar-refractivity contribution in [2.75, 3.05) is 5.32 Å². The van der Waals surface area contributed by atoms with Crippen LogP contribution >= 0.6 is 0 Å².